The normalized spacial score (nSPS) is 11.4. The molecule has 1 aromatic carbocycles. The smallest absolute Gasteiger partial charge is 0.232 e. The van der Waals surface area contributed by atoms with Crippen molar-refractivity contribution in [2.45, 2.75) is 13.3 Å². The highest BCUT2D eigenvalue weighted by Crippen LogP contribution is 2.23. The first-order chi connectivity index (χ1) is 6.94. The molecule has 0 fully saturated rings. The van der Waals surface area contributed by atoms with Crippen molar-refractivity contribution < 1.29 is 8.42 Å². The van der Waals surface area contributed by atoms with Crippen molar-refractivity contribution in [3.05, 3.63) is 26.8 Å². The summed E-state index contributed by atoms with van der Waals surface area (Å²) in [6, 6.07) is 5.04. The highest BCUT2D eigenvalue weighted by molar-refractivity contribution is 14.1. The molecule has 0 unspecified atom stereocenters. The Labute approximate surface area is 108 Å². The fourth-order valence-corrected chi connectivity index (χ4v) is 3.40. The minimum atomic E-state index is -3.22. The first kappa shape index (κ1) is 13.1. The van der Waals surface area contributed by atoms with Crippen LogP contribution < -0.4 is 4.72 Å². The van der Waals surface area contributed by atoms with Crippen molar-refractivity contribution in [3.63, 3.8) is 0 Å². The van der Waals surface area contributed by atoms with Crippen LogP contribution in [0.15, 0.2) is 18.2 Å². The van der Waals surface area contributed by atoms with Gasteiger partial charge in [-0.25, -0.2) is 8.42 Å². The van der Waals surface area contributed by atoms with E-state index in [1.54, 1.807) is 18.2 Å². The molecule has 0 saturated heterocycles. The van der Waals surface area contributed by atoms with Gasteiger partial charge in [0.05, 0.1) is 11.4 Å². The highest BCUT2D eigenvalue weighted by Gasteiger charge is 2.10. The number of rotatable bonds is 4. The van der Waals surface area contributed by atoms with Gasteiger partial charge in [0.2, 0.25) is 10.0 Å². The molecule has 15 heavy (non-hydrogen) atoms. The summed E-state index contributed by atoms with van der Waals surface area (Å²) in [6.07, 6.45) is 0.597. The molecule has 0 amide bonds. The van der Waals surface area contributed by atoms with Gasteiger partial charge in [-0.3, -0.25) is 4.72 Å². The van der Waals surface area contributed by atoms with Gasteiger partial charge in [-0.2, -0.15) is 0 Å². The maximum absolute atomic E-state index is 11.5. The first-order valence-corrected chi connectivity index (χ1v) is 7.51. The Kier molecular flexibility index (Phi) is 4.66. The van der Waals surface area contributed by atoms with Gasteiger partial charge in [0, 0.05) is 8.59 Å². The van der Waals surface area contributed by atoms with Gasteiger partial charge in [-0.15, -0.1) is 0 Å². The van der Waals surface area contributed by atoms with Crippen LogP contribution in [0.3, 0.4) is 0 Å². The van der Waals surface area contributed by atoms with Crippen LogP contribution >= 0.6 is 34.2 Å². The monoisotopic (exact) mass is 359 g/mol. The molecule has 0 aliphatic rings. The van der Waals surface area contributed by atoms with E-state index in [2.05, 4.69) is 4.72 Å². The molecule has 1 rings (SSSR count). The minimum absolute atomic E-state index is 0.131. The third kappa shape index (κ3) is 4.16. The van der Waals surface area contributed by atoms with E-state index in [-0.39, 0.29) is 5.75 Å². The molecule has 1 aromatic rings. The molecule has 0 bridgehead atoms. The molecule has 0 aromatic heterocycles. The summed E-state index contributed by atoms with van der Waals surface area (Å²) in [4.78, 5) is 0. The molecular formula is C9H11ClINO2S. The van der Waals surface area contributed by atoms with E-state index >= 15 is 0 Å². The number of benzene rings is 1. The fraction of sp³-hybridized carbons (Fsp3) is 0.333. The molecule has 0 radical (unpaired) electrons. The standard InChI is InChI=1S/C9H11ClINO2S/c1-2-5-15(13,14)12-9-4-3-7(10)6-8(9)11/h3-4,6,12H,2,5H2,1H3. The van der Waals surface area contributed by atoms with Gasteiger partial charge in [-0.05, 0) is 47.2 Å². The third-order valence-corrected chi connectivity index (χ3v) is 4.27. The van der Waals surface area contributed by atoms with Crippen LogP contribution in [-0.2, 0) is 10.0 Å². The van der Waals surface area contributed by atoms with Gasteiger partial charge in [0.1, 0.15) is 0 Å². The van der Waals surface area contributed by atoms with Crippen LogP contribution in [-0.4, -0.2) is 14.2 Å². The summed E-state index contributed by atoms with van der Waals surface area (Å²) in [5.74, 6) is 0.131. The van der Waals surface area contributed by atoms with E-state index in [1.807, 2.05) is 29.5 Å². The van der Waals surface area contributed by atoms with Crippen LogP contribution in [0.25, 0.3) is 0 Å². The van der Waals surface area contributed by atoms with E-state index in [0.717, 1.165) is 3.57 Å². The van der Waals surface area contributed by atoms with Crippen molar-refractivity contribution in [1.29, 1.82) is 0 Å². The molecule has 6 heteroatoms. The summed E-state index contributed by atoms with van der Waals surface area (Å²) < 4.78 is 26.3. The highest BCUT2D eigenvalue weighted by atomic mass is 127. The van der Waals surface area contributed by atoms with Gasteiger partial charge in [-0.1, -0.05) is 18.5 Å². The van der Waals surface area contributed by atoms with Crippen LogP contribution in [0, 0.1) is 3.57 Å². The van der Waals surface area contributed by atoms with E-state index in [0.29, 0.717) is 17.1 Å². The van der Waals surface area contributed by atoms with Crippen molar-refractivity contribution in [2.24, 2.45) is 0 Å². The van der Waals surface area contributed by atoms with Gasteiger partial charge < -0.3 is 0 Å². The predicted octanol–water partition coefficient (Wildman–Crippen LogP) is 3.10. The molecule has 3 nitrogen and oxygen atoms in total. The summed E-state index contributed by atoms with van der Waals surface area (Å²) in [7, 11) is -3.22. The van der Waals surface area contributed by atoms with E-state index in [1.165, 1.54) is 0 Å². The van der Waals surface area contributed by atoms with Crippen molar-refractivity contribution >= 4 is 49.9 Å². The van der Waals surface area contributed by atoms with E-state index in [9.17, 15) is 8.42 Å². The molecule has 0 saturated carbocycles. The lowest BCUT2D eigenvalue weighted by atomic mass is 10.3. The summed E-state index contributed by atoms with van der Waals surface area (Å²) >= 11 is 7.81. The first-order valence-electron chi connectivity index (χ1n) is 4.40. The lowest BCUT2D eigenvalue weighted by Crippen LogP contribution is -2.16. The average Bonchev–Trinajstić information content (AvgIpc) is 2.09. The largest absolute Gasteiger partial charge is 0.282 e. The van der Waals surface area contributed by atoms with Crippen molar-refractivity contribution in [1.82, 2.24) is 0 Å². The Morgan fingerprint density at radius 1 is 1.47 bits per heavy atom. The molecule has 0 aliphatic carbocycles. The van der Waals surface area contributed by atoms with E-state index < -0.39 is 10.0 Å². The minimum Gasteiger partial charge on any atom is -0.282 e. The average molecular weight is 360 g/mol. The predicted molar refractivity (Wildman–Crippen MR) is 71.9 cm³/mol. The molecule has 1 N–H and O–H groups in total. The lowest BCUT2D eigenvalue weighted by molar-refractivity contribution is 0.600. The summed E-state index contributed by atoms with van der Waals surface area (Å²) in [6.45, 7) is 1.83. The van der Waals surface area contributed by atoms with Crippen molar-refractivity contribution in [2.75, 3.05) is 10.5 Å². The van der Waals surface area contributed by atoms with Crippen LogP contribution in [0.2, 0.25) is 5.02 Å². The topological polar surface area (TPSA) is 46.2 Å². The number of anilines is 1. The SMILES string of the molecule is CCCS(=O)(=O)Nc1ccc(Cl)cc1I. The molecule has 0 spiro atoms. The number of nitrogens with one attached hydrogen (secondary N) is 1. The molecular weight excluding hydrogens is 349 g/mol. The molecule has 0 heterocycles. The Morgan fingerprint density at radius 2 is 2.13 bits per heavy atom. The zero-order chi connectivity index (χ0) is 11.5. The molecule has 84 valence electrons. The second-order valence-electron chi connectivity index (χ2n) is 3.05. The van der Waals surface area contributed by atoms with Gasteiger partial charge in [0.15, 0.2) is 0 Å². The van der Waals surface area contributed by atoms with Gasteiger partial charge in [0.25, 0.3) is 0 Å². The molecule has 0 aliphatic heterocycles. The maximum Gasteiger partial charge on any atom is 0.232 e. The van der Waals surface area contributed by atoms with Crippen molar-refractivity contribution in [3.8, 4) is 0 Å². The zero-order valence-electron chi connectivity index (χ0n) is 8.13. The number of halogens is 2. The van der Waals surface area contributed by atoms with Gasteiger partial charge >= 0.3 is 0 Å². The summed E-state index contributed by atoms with van der Waals surface area (Å²) in [5, 5.41) is 0.595. The Morgan fingerprint density at radius 3 is 2.67 bits per heavy atom. The summed E-state index contributed by atoms with van der Waals surface area (Å²) in [5.41, 5.74) is 0.577. The van der Waals surface area contributed by atoms with E-state index in [4.69, 9.17) is 11.6 Å². The number of sulfonamides is 1. The lowest BCUT2D eigenvalue weighted by Gasteiger charge is -2.08. The maximum atomic E-state index is 11.5. The Balaban J connectivity index is 2.90. The Bertz CT molecular complexity index is 447. The zero-order valence-corrected chi connectivity index (χ0v) is 11.9. The van der Waals surface area contributed by atoms with Crippen LogP contribution in [0.5, 0.6) is 0 Å². The third-order valence-electron chi connectivity index (χ3n) is 1.67. The Hall–Kier alpha value is -0.0100. The second-order valence-corrected chi connectivity index (χ2v) is 6.49. The number of hydrogen-bond donors (Lipinski definition) is 1. The fourth-order valence-electron chi connectivity index (χ4n) is 1.06. The van der Waals surface area contributed by atoms with Crippen LogP contribution in [0.4, 0.5) is 5.69 Å². The number of hydrogen-bond acceptors (Lipinski definition) is 2. The quantitative estimate of drug-likeness (QED) is 0.840. The van der Waals surface area contributed by atoms with Crippen LogP contribution in [0.1, 0.15) is 13.3 Å². The second kappa shape index (κ2) is 5.36. The molecule has 0 atom stereocenters.